The van der Waals surface area contributed by atoms with Crippen molar-refractivity contribution in [3.05, 3.63) is 11.5 Å². The summed E-state index contributed by atoms with van der Waals surface area (Å²) in [6.45, 7) is 6.90. The number of anilines is 1. The number of carbonyl (C=O) groups is 1. The van der Waals surface area contributed by atoms with E-state index in [1.807, 2.05) is 0 Å². The van der Waals surface area contributed by atoms with Crippen molar-refractivity contribution in [1.29, 1.82) is 0 Å². The fourth-order valence-electron chi connectivity index (χ4n) is 3.34. The summed E-state index contributed by atoms with van der Waals surface area (Å²) in [5, 5.41) is 8.05. The summed E-state index contributed by atoms with van der Waals surface area (Å²) in [6.07, 6.45) is 7.38. The molecule has 0 aliphatic carbocycles. The molecule has 0 saturated carbocycles. The lowest BCUT2D eigenvalue weighted by molar-refractivity contribution is -0.121. The molecular weight excluding hydrogens is 330 g/mol. The van der Waals surface area contributed by atoms with Crippen LogP contribution in [0.2, 0.25) is 0 Å². The third kappa shape index (κ3) is 4.31. The van der Waals surface area contributed by atoms with Crippen molar-refractivity contribution in [1.82, 2.24) is 20.4 Å². The standard InChI is InChI=1S/C19H29N5O2/c1-3-5-11-20-16(25)10-9-15-21-18(24-12-7-6-8-13-24)17-14(4-2)23-26-19(17)22-15/h3-13H2,1-2H3,(H,20,25). The largest absolute Gasteiger partial charge is 0.356 e. The Morgan fingerprint density at radius 3 is 2.73 bits per heavy atom. The van der Waals surface area contributed by atoms with Gasteiger partial charge in [0.05, 0.1) is 5.69 Å². The molecule has 26 heavy (non-hydrogen) atoms. The van der Waals surface area contributed by atoms with E-state index in [-0.39, 0.29) is 5.91 Å². The van der Waals surface area contributed by atoms with E-state index in [0.29, 0.717) is 24.4 Å². The Hall–Kier alpha value is -2.18. The smallest absolute Gasteiger partial charge is 0.263 e. The zero-order chi connectivity index (χ0) is 18.4. The van der Waals surface area contributed by atoms with E-state index in [1.54, 1.807) is 0 Å². The van der Waals surface area contributed by atoms with Crippen molar-refractivity contribution in [2.45, 2.75) is 65.2 Å². The number of carbonyl (C=O) groups excluding carboxylic acids is 1. The molecule has 0 atom stereocenters. The van der Waals surface area contributed by atoms with Crippen molar-refractivity contribution in [3.63, 3.8) is 0 Å². The first kappa shape index (κ1) is 18.6. The fraction of sp³-hybridized carbons (Fsp3) is 0.684. The first-order valence-corrected chi connectivity index (χ1v) is 9.89. The molecule has 0 spiro atoms. The van der Waals surface area contributed by atoms with Gasteiger partial charge >= 0.3 is 0 Å². The Kier molecular flexibility index (Phi) is 6.41. The Balaban J connectivity index is 1.79. The highest BCUT2D eigenvalue weighted by Crippen LogP contribution is 2.29. The maximum absolute atomic E-state index is 12.0. The van der Waals surface area contributed by atoms with Gasteiger partial charge in [-0.05, 0) is 32.1 Å². The molecule has 0 radical (unpaired) electrons. The molecule has 1 N–H and O–H groups in total. The molecule has 3 heterocycles. The Bertz CT molecular complexity index is 737. The molecule has 7 heteroatoms. The molecule has 0 aromatic carbocycles. The number of unbranched alkanes of at least 4 members (excludes halogenated alkanes) is 1. The molecule has 1 fully saturated rings. The minimum atomic E-state index is 0.0495. The number of piperidine rings is 1. The van der Waals surface area contributed by atoms with Gasteiger partial charge in [0.25, 0.3) is 5.71 Å². The second-order valence-electron chi connectivity index (χ2n) is 6.88. The lowest BCUT2D eigenvalue weighted by Gasteiger charge is -2.28. The van der Waals surface area contributed by atoms with Crippen LogP contribution in [0, 0.1) is 0 Å². The van der Waals surface area contributed by atoms with Crippen molar-refractivity contribution < 1.29 is 9.32 Å². The van der Waals surface area contributed by atoms with Gasteiger partial charge in [0.2, 0.25) is 5.91 Å². The zero-order valence-corrected chi connectivity index (χ0v) is 15.9. The van der Waals surface area contributed by atoms with Crippen molar-refractivity contribution in [2.75, 3.05) is 24.5 Å². The third-order valence-electron chi connectivity index (χ3n) is 4.85. The van der Waals surface area contributed by atoms with Gasteiger partial charge in [-0.1, -0.05) is 25.4 Å². The average molecular weight is 359 g/mol. The predicted octanol–water partition coefficient (Wildman–Crippen LogP) is 3.02. The van der Waals surface area contributed by atoms with Crippen LogP contribution in [-0.4, -0.2) is 40.7 Å². The van der Waals surface area contributed by atoms with Gasteiger partial charge < -0.3 is 14.7 Å². The van der Waals surface area contributed by atoms with E-state index < -0.39 is 0 Å². The number of hydrogen-bond acceptors (Lipinski definition) is 6. The van der Waals surface area contributed by atoms with Crippen LogP contribution < -0.4 is 10.2 Å². The fourth-order valence-corrected chi connectivity index (χ4v) is 3.34. The molecule has 1 aliphatic rings. The van der Waals surface area contributed by atoms with Gasteiger partial charge in [-0.3, -0.25) is 4.79 Å². The van der Waals surface area contributed by atoms with Crippen LogP contribution in [0.25, 0.3) is 11.1 Å². The lowest BCUT2D eigenvalue weighted by atomic mass is 10.1. The minimum Gasteiger partial charge on any atom is -0.356 e. The number of rotatable bonds is 8. The molecule has 2 aromatic rings. The molecule has 7 nitrogen and oxygen atoms in total. The number of aryl methyl sites for hydroxylation is 2. The highest BCUT2D eigenvalue weighted by Gasteiger charge is 2.22. The Morgan fingerprint density at radius 1 is 1.19 bits per heavy atom. The van der Waals surface area contributed by atoms with Crippen LogP contribution in [0.5, 0.6) is 0 Å². The molecule has 142 valence electrons. The second-order valence-corrected chi connectivity index (χ2v) is 6.88. The second kappa shape index (κ2) is 8.96. The monoisotopic (exact) mass is 359 g/mol. The van der Waals surface area contributed by atoms with Gasteiger partial charge in [-0.25, -0.2) is 4.98 Å². The normalized spacial score (nSPS) is 14.8. The number of amides is 1. The van der Waals surface area contributed by atoms with Crippen LogP contribution in [0.15, 0.2) is 4.52 Å². The number of hydrogen-bond donors (Lipinski definition) is 1. The summed E-state index contributed by atoms with van der Waals surface area (Å²) in [7, 11) is 0. The third-order valence-corrected chi connectivity index (χ3v) is 4.85. The highest BCUT2D eigenvalue weighted by atomic mass is 16.5. The first-order valence-electron chi connectivity index (χ1n) is 9.89. The summed E-state index contributed by atoms with van der Waals surface area (Å²) in [4.78, 5) is 23.6. The van der Waals surface area contributed by atoms with E-state index in [0.717, 1.165) is 55.8 Å². The number of fused-ring (bicyclic) bond motifs is 1. The van der Waals surface area contributed by atoms with Gasteiger partial charge in [0.15, 0.2) is 0 Å². The number of nitrogens with one attached hydrogen (secondary N) is 1. The Labute approximate surface area is 154 Å². The van der Waals surface area contributed by atoms with Gasteiger partial charge in [0, 0.05) is 32.5 Å². The molecular formula is C19H29N5O2. The van der Waals surface area contributed by atoms with Crippen LogP contribution in [0.3, 0.4) is 0 Å². The van der Waals surface area contributed by atoms with Gasteiger partial charge in [-0.15, -0.1) is 0 Å². The van der Waals surface area contributed by atoms with E-state index in [9.17, 15) is 4.79 Å². The van der Waals surface area contributed by atoms with Crippen LogP contribution in [-0.2, 0) is 17.6 Å². The quantitative estimate of drug-likeness (QED) is 0.729. The van der Waals surface area contributed by atoms with Gasteiger partial charge in [0.1, 0.15) is 17.0 Å². The Morgan fingerprint density at radius 2 is 2.00 bits per heavy atom. The molecule has 1 amide bonds. The summed E-state index contributed by atoms with van der Waals surface area (Å²) in [5.74, 6) is 1.63. The average Bonchev–Trinajstić information content (AvgIpc) is 3.10. The topological polar surface area (TPSA) is 84.2 Å². The molecule has 2 aromatic heterocycles. The van der Waals surface area contributed by atoms with E-state index in [2.05, 4.69) is 34.2 Å². The van der Waals surface area contributed by atoms with Crippen molar-refractivity contribution >= 4 is 22.8 Å². The van der Waals surface area contributed by atoms with Crippen LogP contribution >= 0.6 is 0 Å². The molecule has 1 aliphatic heterocycles. The summed E-state index contributed by atoms with van der Waals surface area (Å²) >= 11 is 0. The summed E-state index contributed by atoms with van der Waals surface area (Å²) in [6, 6.07) is 0. The number of nitrogens with zero attached hydrogens (tertiary/aromatic N) is 4. The maximum atomic E-state index is 12.0. The molecule has 0 bridgehead atoms. The first-order chi connectivity index (χ1) is 12.7. The molecule has 0 unspecified atom stereocenters. The van der Waals surface area contributed by atoms with E-state index in [1.165, 1.54) is 19.3 Å². The van der Waals surface area contributed by atoms with E-state index >= 15 is 0 Å². The highest BCUT2D eigenvalue weighted by molar-refractivity contribution is 5.88. The van der Waals surface area contributed by atoms with Crippen LogP contribution in [0.1, 0.15) is 63.9 Å². The lowest BCUT2D eigenvalue weighted by Crippen LogP contribution is -2.31. The van der Waals surface area contributed by atoms with Crippen molar-refractivity contribution in [2.24, 2.45) is 0 Å². The van der Waals surface area contributed by atoms with Crippen LogP contribution in [0.4, 0.5) is 5.82 Å². The van der Waals surface area contributed by atoms with E-state index in [4.69, 9.17) is 9.51 Å². The SMILES string of the molecule is CCCCNC(=O)CCc1nc(N2CCCCC2)c2c(CC)noc2n1. The maximum Gasteiger partial charge on any atom is 0.263 e. The summed E-state index contributed by atoms with van der Waals surface area (Å²) in [5.41, 5.74) is 1.45. The van der Waals surface area contributed by atoms with Gasteiger partial charge in [-0.2, -0.15) is 4.98 Å². The summed E-state index contributed by atoms with van der Waals surface area (Å²) < 4.78 is 5.47. The molecule has 1 saturated heterocycles. The predicted molar refractivity (Wildman–Crippen MR) is 101 cm³/mol. The van der Waals surface area contributed by atoms with Crippen molar-refractivity contribution in [3.8, 4) is 0 Å². The minimum absolute atomic E-state index is 0.0495. The molecule has 3 rings (SSSR count). The zero-order valence-electron chi connectivity index (χ0n) is 15.9. The number of aromatic nitrogens is 3.